The largest absolute Gasteiger partial charge is 0.302 e. The summed E-state index contributed by atoms with van der Waals surface area (Å²) in [5.74, 6) is 0. The van der Waals surface area contributed by atoms with Crippen LogP contribution < -0.4 is 0 Å². The zero-order valence-corrected chi connectivity index (χ0v) is 18.2. The van der Waals surface area contributed by atoms with E-state index in [0.717, 1.165) is 12.1 Å². The molecule has 0 radical (unpaired) electrons. The Kier molecular flexibility index (Phi) is 7.04. The molecule has 1 atom stereocenters. The Morgan fingerprint density at radius 3 is 2.19 bits per heavy atom. The zero-order chi connectivity index (χ0) is 18.7. The quantitative estimate of drug-likeness (QED) is 0.688. The minimum absolute atomic E-state index is 0.334. The fourth-order valence-corrected chi connectivity index (χ4v) is 5.33. The Hall–Kier alpha value is -0.160. The van der Waals surface area contributed by atoms with Crippen LogP contribution in [-0.2, 0) is 0 Å². The van der Waals surface area contributed by atoms with Gasteiger partial charge in [0.15, 0.2) is 0 Å². The monoisotopic (exact) mass is 364 g/mol. The van der Waals surface area contributed by atoms with Crippen LogP contribution in [-0.4, -0.2) is 96.1 Å². The summed E-state index contributed by atoms with van der Waals surface area (Å²) in [5, 5.41) is 0. The zero-order valence-electron chi connectivity index (χ0n) is 18.2. The van der Waals surface area contributed by atoms with E-state index in [1.807, 2.05) is 0 Å². The van der Waals surface area contributed by atoms with Gasteiger partial charge >= 0.3 is 0 Å². The van der Waals surface area contributed by atoms with Gasteiger partial charge in [-0.15, -0.1) is 0 Å². The van der Waals surface area contributed by atoms with Crippen LogP contribution >= 0.6 is 0 Å². The van der Waals surface area contributed by atoms with E-state index >= 15 is 0 Å². The van der Waals surface area contributed by atoms with Crippen LogP contribution in [0, 0.1) is 0 Å². The molecule has 0 spiro atoms. The van der Waals surface area contributed by atoms with Gasteiger partial charge in [0.1, 0.15) is 0 Å². The van der Waals surface area contributed by atoms with E-state index in [9.17, 15) is 0 Å². The molecule has 3 rings (SSSR count). The summed E-state index contributed by atoms with van der Waals surface area (Å²) in [4.78, 5) is 10.8. The first-order chi connectivity index (χ1) is 12.4. The summed E-state index contributed by atoms with van der Waals surface area (Å²) in [7, 11) is 2.35. The third-order valence-corrected chi connectivity index (χ3v) is 7.60. The molecular formula is C22H44N4. The van der Waals surface area contributed by atoms with Crippen LogP contribution in [0.15, 0.2) is 0 Å². The number of nitrogens with zero attached hydrogens (tertiary/aromatic N) is 4. The molecule has 3 fully saturated rings. The smallest absolute Gasteiger partial charge is 0.0232 e. The van der Waals surface area contributed by atoms with Gasteiger partial charge in [-0.3, -0.25) is 9.80 Å². The first-order valence-corrected chi connectivity index (χ1v) is 11.3. The van der Waals surface area contributed by atoms with Gasteiger partial charge in [-0.2, -0.15) is 0 Å². The molecule has 0 saturated carbocycles. The average molecular weight is 365 g/mol. The maximum absolute atomic E-state index is 2.78. The second kappa shape index (κ2) is 8.89. The lowest BCUT2D eigenvalue weighted by molar-refractivity contribution is 0.0429. The molecule has 3 saturated heterocycles. The highest BCUT2D eigenvalue weighted by atomic mass is 15.3. The fourth-order valence-electron chi connectivity index (χ4n) is 5.33. The van der Waals surface area contributed by atoms with Crippen molar-refractivity contribution >= 4 is 0 Å². The number of hydrogen-bond acceptors (Lipinski definition) is 4. The summed E-state index contributed by atoms with van der Waals surface area (Å²) in [6.45, 7) is 18.7. The average Bonchev–Trinajstić information content (AvgIpc) is 3.31. The second-order valence-corrected chi connectivity index (χ2v) is 10.0. The van der Waals surface area contributed by atoms with E-state index in [0.29, 0.717) is 11.6 Å². The molecule has 26 heavy (non-hydrogen) atoms. The minimum Gasteiger partial charge on any atom is -0.302 e. The summed E-state index contributed by atoms with van der Waals surface area (Å²) in [5.41, 5.74) is 0.334. The van der Waals surface area contributed by atoms with Gasteiger partial charge in [-0.05, 0) is 92.9 Å². The molecule has 0 amide bonds. The molecule has 1 unspecified atom stereocenters. The summed E-state index contributed by atoms with van der Waals surface area (Å²) < 4.78 is 0. The van der Waals surface area contributed by atoms with Crippen molar-refractivity contribution in [2.24, 2.45) is 0 Å². The summed E-state index contributed by atoms with van der Waals surface area (Å²) >= 11 is 0. The van der Waals surface area contributed by atoms with Gasteiger partial charge in [0.2, 0.25) is 0 Å². The Balaban J connectivity index is 1.41. The van der Waals surface area contributed by atoms with E-state index in [2.05, 4.69) is 54.3 Å². The number of piperidine rings is 1. The molecule has 152 valence electrons. The van der Waals surface area contributed by atoms with Crippen molar-refractivity contribution in [3.63, 3.8) is 0 Å². The molecule has 3 aliphatic rings. The van der Waals surface area contributed by atoms with E-state index in [-0.39, 0.29) is 0 Å². The third kappa shape index (κ3) is 5.01. The van der Waals surface area contributed by atoms with Crippen LogP contribution in [0.5, 0.6) is 0 Å². The molecule has 0 aromatic carbocycles. The van der Waals surface area contributed by atoms with Crippen LogP contribution in [0.3, 0.4) is 0 Å². The lowest BCUT2D eigenvalue weighted by Crippen LogP contribution is -2.53. The van der Waals surface area contributed by atoms with Crippen molar-refractivity contribution in [3.8, 4) is 0 Å². The Labute approximate surface area is 162 Å². The van der Waals surface area contributed by atoms with E-state index in [1.165, 1.54) is 84.3 Å². The topological polar surface area (TPSA) is 13.0 Å². The van der Waals surface area contributed by atoms with Crippen molar-refractivity contribution in [2.75, 3.05) is 52.9 Å². The van der Waals surface area contributed by atoms with Gasteiger partial charge in [0.05, 0.1) is 0 Å². The Bertz CT molecular complexity index is 422. The van der Waals surface area contributed by atoms with Gasteiger partial charge in [-0.25, -0.2) is 0 Å². The number of likely N-dealkylation sites (tertiary alicyclic amines) is 3. The molecular weight excluding hydrogens is 320 g/mol. The van der Waals surface area contributed by atoms with Crippen molar-refractivity contribution in [3.05, 3.63) is 0 Å². The first kappa shape index (κ1) is 20.6. The highest BCUT2D eigenvalue weighted by Gasteiger charge is 2.34. The van der Waals surface area contributed by atoms with Gasteiger partial charge < -0.3 is 9.80 Å². The third-order valence-electron chi connectivity index (χ3n) is 7.60. The molecule has 4 heteroatoms. The molecule has 0 aromatic rings. The number of rotatable bonds is 7. The maximum atomic E-state index is 2.78. The highest BCUT2D eigenvalue weighted by molar-refractivity contribution is 4.91. The predicted molar refractivity (Wildman–Crippen MR) is 112 cm³/mol. The number of hydrogen-bond donors (Lipinski definition) is 0. The number of likely N-dealkylation sites (N-methyl/N-ethyl adjacent to an activating group) is 1. The lowest BCUT2D eigenvalue weighted by Gasteiger charge is -2.45. The normalized spacial score (nSPS) is 28.0. The van der Waals surface area contributed by atoms with Crippen molar-refractivity contribution < 1.29 is 0 Å². The Morgan fingerprint density at radius 1 is 0.962 bits per heavy atom. The molecule has 4 nitrogen and oxygen atoms in total. The van der Waals surface area contributed by atoms with E-state index in [4.69, 9.17) is 0 Å². The molecule has 0 aromatic heterocycles. The van der Waals surface area contributed by atoms with Crippen molar-refractivity contribution in [1.82, 2.24) is 19.6 Å². The van der Waals surface area contributed by atoms with Crippen LogP contribution in [0.1, 0.15) is 66.2 Å². The summed E-state index contributed by atoms with van der Waals surface area (Å²) in [6, 6.07) is 2.32. The minimum atomic E-state index is 0.334. The van der Waals surface area contributed by atoms with Crippen LogP contribution in [0.25, 0.3) is 0 Å². The summed E-state index contributed by atoms with van der Waals surface area (Å²) in [6.07, 6.45) is 8.24. The molecule has 0 aliphatic carbocycles. The van der Waals surface area contributed by atoms with Gasteiger partial charge in [0.25, 0.3) is 0 Å². The molecule has 0 bridgehead atoms. The van der Waals surface area contributed by atoms with E-state index in [1.54, 1.807) is 0 Å². The van der Waals surface area contributed by atoms with Crippen LogP contribution in [0.2, 0.25) is 0 Å². The standard InChI is InChI=1S/C22H44N4/c1-19(2)25-14-8-21(18-25)23(5)17-11-22(3,4)26-15-9-20(10-16-26)24-12-6-7-13-24/h19-21H,6-18H2,1-5H3. The molecule has 3 heterocycles. The SMILES string of the molecule is CC(C)N1CCC(N(C)CCC(C)(C)N2CCC(N3CCCC3)CC2)C1. The van der Waals surface area contributed by atoms with Gasteiger partial charge in [-0.1, -0.05) is 0 Å². The van der Waals surface area contributed by atoms with Crippen LogP contribution in [0.4, 0.5) is 0 Å². The molecule has 0 N–H and O–H groups in total. The highest BCUT2D eigenvalue weighted by Crippen LogP contribution is 2.28. The predicted octanol–water partition coefficient (Wildman–Crippen LogP) is 3.13. The van der Waals surface area contributed by atoms with E-state index < -0.39 is 0 Å². The lowest BCUT2D eigenvalue weighted by atomic mass is 9.92. The maximum Gasteiger partial charge on any atom is 0.0232 e. The van der Waals surface area contributed by atoms with Crippen molar-refractivity contribution in [2.45, 2.75) is 89.9 Å². The van der Waals surface area contributed by atoms with Crippen molar-refractivity contribution in [1.29, 1.82) is 0 Å². The van der Waals surface area contributed by atoms with Gasteiger partial charge in [0, 0.05) is 49.8 Å². The second-order valence-electron chi connectivity index (χ2n) is 10.0. The Morgan fingerprint density at radius 2 is 1.62 bits per heavy atom. The molecule has 3 aliphatic heterocycles. The fraction of sp³-hybridized carbons (Fsp3) is 1.00. The first-order valence-electron chi connectivity index (χ1n) is 11.3.